The number of nitro groups is 1. The van der Waals surface area contributed by atoms with E-state index in [-0.39, 0.29) is 28.6 Å². The standard InChI is InChI=1S/C13H17NO3/c1-3-10-11(7-13(10)15)9-5-4-8(2)12(6-9)14(16)17/h4-6,10-11,13,15H,3,7H2,1-2H3. The molecule has 92 valence electrons. The number of hydrogen-bond acceptors (Lipinski definition) is 3. The van der Waals surface area contributed by atoms with Crippen molar-refractivity contribution in [1.29, 1.82) is 0 Å². The molecule has 1 saturated carbocycles. The summed E-state index contributed by atoms with van der Waals surface area (Å²) >= 11 is 0. The Hall–Kier alpha value is -1.42. The van der Waals surface area contributed by atoms with Gasteiger partial charge in [-0.25, -0.2) is 0 Å². The van der Waals surface area contributed by atoms with Crippen molar-refractivity contribution >= 4 is 5.69 Å². The van der Waals surface area contributed by atoms with Gasteiger partial charge in [-0.05, 0) is 30.7 Å². The number of nitro benzene ring substituents is 1. The minimum Gasteiger partial charge on any atom is -0.393 e. The van der Waals surface area contributed by atoms with E-state index >= 15 is 0 Å². The van der Waals surface area contributed by atoms with E-state index in [1.165, 1.54) is 0 Å². The summed E-state index contributed by atoms with van der Waals surface area (Å²) in [5.74, 6) is 0.520. The number of aryl methyl sites for hydroxylation is 1. The fourth-order valence-corrected chi connectivity index (χ4v) is 2.68. The van der Waals surface area contributed by atoms with Crippen molar-refractivity contribution in [1.82, 2.24) is 0 Å². The van der Waals surface area contributed by atoms with Crippen LogP contribution in [0.4, 0.5) is 5.69 Å². The maximum Gasteiger partial charge on any atom is 0.272 e. The fraction of sp³-hybridized carbons (Fsp3) is 0.538. The lowest BCUT2D eigenvalue weighted by Gasteiger charge is -2.41. The van der Waals surface area contributed by atoms with Gasteiger partial charge in [-0.3, -0.25) is 10.1 Å². The molecule has 3 atom stereocenters. The van der Waals surface area contributed by atoms with Crippen LogP contribution in [-0.4, -0.2) is 16.1 Å². The molecular weight excluding hydrogens is 218 g/mol. The molecule has 0 aromatic heterocycles. The molecule has 2 rings (SSSR count). The molecule has 1 aromatic rings. The van der Waals surface area contributed by atoms with Crippen molar-refractivity contribution in [2.75, 3.05) is 0 Å². The zero-order chi connectivity index (χ0) is 12.6. The first-order valence-electron chi connectivity index (χ1n) is 5.97. The molecule has 3 unspecified atom stereocenters. The van der Waals surface area contributed by atoms with Gasteiger partial charge < -0.3 is 5.11 Å². The molecule has 1 aliphatic rings. The number of aliphatic hydroxyl groups is 1. The van der Waals surface area contributed by atoms with Crippen molar-refractivity contribution in [2.45, 2.75) is 38.7 Å². The molecule has 0 aliphatic heterocycles. The predicted octanol–water partition coefficient (Wildman–Crippen LogP) is 2.78. The van der Waals surface area contributed by atoms with Crippen LogP contribution in [0.25, 0.3) is 0 Å². The highest BCUT2D eigenvalue weighted by Gasteiger charge is 2.39. The Kier molecular flexibility index (Phi) is 3.15. The van der Waals surface area contributed by atoms with E-state index in [1.54, 1.807) is 19.1 Å². The van der Waals surface area contributed by atoms with Crippen molar-refractivity contribution in [3.8, 4) is 0 Å². The highest BCUT2D eigenvalue weighted by atomic mass is 16.6. The maximum atomic E-state index is 10.9. The Bertz CT molecular complexity index is 444. The third kappa shape index (κ3) is 2.05. The van der Waals surface area contributed by atoms with E-state index < -0.39 is 0 Å². The van der Waals surface area contributed by atoms with E-state index in [4.69, 9.17) is 0 Å². The molecule has 0 saturated heterocycles. The summed E-state index contributed by atoms with van der Waals surface area (Å²) < 4.78 is 0. The highest BCUT2D eigenvalue weighted by Crippen LogP contribution is 2.45. The van der Waals surface area contributed by atoms with Gasteiger partial charge in [0.1, 0.15) is 0 Å². The molecule has 17 heavy (non-hydrogen) atoms. The van der Waals surface area contributed by atoms with Crippen LogP contribution in [-0.2, 0) is 0 Å². The fourth-order valence-electron chi connectivity index (χ4n) is 2.68. The molecule has 0 heterocycles. The molecule has 4 nitrogen and oxygen atoms in total. The predicted molar refractivity (Wildman–Crippen MR) is 65.0 cm³/mol. The molecule has 4 heteroatoms. The summed E-state index contributed by atoms with van der Waals surface area (Å²) in [6, 6.07) is 5.40. The molecule has 0 bridgehead atoms. The van der Waals surface area contributed by atoms with Gasteiger partial charge in [-0.15, -0.1) is 0 Å². The van der Waals surface area contributed by atoms with Gasteiger partial charge in [0.25, 0.3) is 5.69 Å². The van der Waals surface area contributed by atoms with E-state index in [2.05, 4.69) is 0 Å². The van der Waals surface area contributed by atoms with E-state index in [0.29, 0.717) is 5.56 Å². The number of hydrogen-bond donors (Lipinski definition) is 1. The molecule has 1 aliphatic carbocycles. The molecule has 0 spiro atoms. The first-order chi connectivity index (χ1) is 8.04. The van der Waals surface area contributed by atoms with Gasteiger partial charge in [0.05, 0.1) is 11.0 Å². The summed E-state index contributed by atoms with van der Waals surface area (Å²) in [5.41, 5.74) is 1.85. The highest BCUT2D eigenvalue weighted by molar-refractivity contribution is 5.44. The maximum absolute atomic E-state index is 10.9. The third-order valence-electron chi connectivity index (χ3n) is 3.84. The van der Waals surface area contributed by atoms with E-state index in [1.807, 2.05) is 13.0 Å². The Morgan fingerprint density at radius 1 is 1.53 bits per heavy atom. The second-order valence-corrected chi connectivity index (χ2v) is 4.78. The zero-order valence-corrected chi connectivity index (χ0v) is 10.1. The topological polar surface area (TPSA) is 63.4 Å². The number of nitrogens with zero attached hydrogens (tertiary/aromatic N) is 1. The minimum absolute atomic E-state index is 0.179. The summed E-state index contributed by atoms with van der Waals surface area (Å²) in [4.78, 5) is 10.5. The Balaban J connectivity index is 2.28. The van der Waals surface area contributed by atoms with Gasteiger partial charge in [-0.2, -0.15) is 0 Å². The monoisotopic (exact) mass is 235 g/mol. The van der Waals surface area contributed by atoms with Crippen molar-refractivity contribution in [3.05, 3.63) is 39.4 Å². The van der Waals surface area contributed by atoms with Crippen LogP contribution < -0.4 is 0 Å². The van der Waals surface area contributed by atoms with Crippen LogP contribution >= 0.6 is 0 Å². The van der Waals surface area contributed by atoms with Crippen molar-refractivity contribution < 1.29 is 10.0 Å². The summed E-state index contributed by atoms with van der Waals surface area (Å²) in [5, 5.41) is 20.5. The average molecular weight is 235 g/mol. The van der Waals surface area contributed by atoms with Crippen LogP contribution in [0, 0.1) is 23.0 Å². The van der Waals surface area contributed by atoms with Gasteiger partial charge in [0, 0.05) is 11.6 Å². The van der Waals surface area contributed by atoms with E-state index in [0.717, 1.165) is 18.4 Å². The minimum atomic E-state index is -0.338. The summed E-state index contributed by atoms with van der Waals surface area (Å²) in [6.45, 7) is 3.79. The molecule has 1 fully saturated rings. The second kappa shape index (κ2) is 4.45. The first-order valence-corrected chi connectivity index (χ1v) is 5.97. The van der Waals surface area contributed by atoms with Gasteiger partial charge in [0.15, 0.2) is 0 Å². The lowest BCUT2D eigenvalue weighted by atomic mass is 9.66. The van der Waals surface area contributed by atoms with Crippen LogP contribution in [0.3, 0.4) is 0 Å². The first kappa shape index (κ1) is 12.0. The lowest BCUT2D eigenvalue weighted by Crippen LogP contribution is -2.39. The Morgan fingerprint density at radius 3 is 2.76 bits per heavy atom. The number of aliphatic hydroxyl groups excluding tert-OH is 1. The van der Waals surface area contributed by atoms with Crippen molar-refractivity contribution in [3.63, 3.8) is 0 Å². The van der Waals surface area contributed by atoms with Gasteiger partial charge in [-0.1, -0.05) is 25.5 Å². The van der Waals surface area contributed by atoms with Gasteiger partial charge in [0.2, 0.25) is 0 Å². The largest absolute Gasteiger partial charge is 0.393 e. The zero-order valence-electron chi connectivity index (χ0n) is 10.1. The quantitative estimate of drug-likeness (QED) is 0.647. The van der Waals surface area contributed by atoms with E-state index in [9.17, 15) is 15.2 Å². The molecule has 1 aromatic carbocycles. The van der Waals surface area contributed by atoms with Crippen LogP contribution in [0.1, 0.15) is 36.8 Å². The van der Waals surface area contributed by atoms with Crippen LogP contribution in [0.2, 0.25) is 0 Å². The number of benzene rings is 1. The summed E-state index contributed by atoms with van der Waals surface area (Å²) in [7, 11) is 0. The lowest BCUT2D eigenvalue weighted by molar-refractivity contribution is -0.385. The number of rotatable bonds is 3. The molecule has 0 radical (unpaired) electrons. The Labute approximate surface area is 100 Å². The molecular formula is C13H17NO3. The normalized spacial score (nSPS) is 27.6. The molecule has 0 amide bonds. The SMILES string of the molecule is CCC1C(O)CC1c1ccc(C)c([N+](=O)[O-])c1. The molecule has 1 N–H and O–H groups in total. The van der Waals surface area contributed by atoms with Crippen LogP contribution in [0.15, 0.2) is 18.2 Å². The van der Waals surface area contributed by atoms with Crippen molar-refractivity contribution in [2.24, 2.45) is 5.92 Å². The smallest absolute Gasteiger partial charge is 0.272 e. The summed E-state index contributed by atoms with van der Waals surface area (Å²) in [6.07, 6.45) is 1.39. The van der Waals surface area contributed by atoms with Crippen LogP contribution in [0.5, 0.6) is 0 Å². The Morgan fingerprint density at radius 2 is 2.24 bits per heavy atom. The third-order valence-corrected chi connectivity index (χ3v) is 3.84. The average Bonchev–Trinajstić information content (AvgIpc) is 2.27. The second-order valence-electron chi connectivity index (χ2n) is 4.78. The van der Waals surface area contributed by atoms with Gasteiger partial charge >= 0.3 is 0 Å².